The van der Waals surface area contributed by atoms with Crippen molar-refractivity contribution in [1.29, 1.82) is 0 Å². The highest BCUT2D eigenvalue weighted by Crippen LogP contribution is 2.28. The van der Waals surface area contributed by atoms with Crippen molar-refractivity contribution < 1.29 is 9.90 Å². The zero-order valence-corrected chi connectivity index (χ0v) is 8.59. The van der Waals surface area contributed by atoms with Gasteiger partial charge in [-0.2, -0.15) is 0 Å². The molecule has 0 amide bonds. The van der Waals surface area contributed by atoms with E-state index in [1.165, 1.54) is 37.0 Å². The van der Waals surface area contributed by atoms with Crippen LogP contribution in [0, 0.1) is 5.92 Å². The summed E-state index contributed by atoms with van der Waals surface area (Å²) in [5.41, 5.74) is 0. The molecule has 4 nitrogen and oxygen atoms in total. The Hall–Kier alpha value is -0.970. The van der Waals surface area contributed by atoms with Crippen LogP contribution in [-0.4, -0.2) is 21.3 Å². The van der Waals surface area contributed by atoms with Gasteiger partial charge in [0.1, 0.15) is 5.01 Å². The van der Waals surface area contributed by atoms with Gasteiger partial charge in [-0.15, -0.1) is 10.2 Å². The monoisotopic (exact) mass is 212 g/mol. The van der Waals surface area contributed by atoms with Crippen LogP contribution in [0.5, 0.6) is 0 Å². The van der Waals surface area contributed by atoms with Crippen molar-refractivity contribution in [2.45, 2.75) is 32.1 Å². The summed E-state index contributed by atoms with van der Waals surface area (Å²) in [4.78, 5) is 10.6. The minimum atomic E-state index is -0.972. The van der Waals surface area contributed by atoms with Crippen LogP contribution in [0.25, 0.3) is 0 Å². The molecule has 0 aromatic carbocycles. The molecule has 1 saturated carbocycles. The molecular weight excluding hydrogens is 200 g/mol. The first-order valence-corrected chi connectivity index (χ1v) is 5.63. The molecule has 1 aromatic heterocycles. The second kappa shape index (κ2) is 4.04. The normalized spacial score (nSPS) is 17.4. The van der Waals surface area contributed by atoms with Crippen LogP contribution in [0.2, 0.25) is 0 Å². The van der Waals surface area contributed by atoms with Gasteiger partial charge in [-0.3, -0.25) is 0 Å². The maximum atomic E-state index is 10.6. The molecule has 0 atom stereocenters. The van der Waals surface area contributed by atoms with Gasteiger partial charge in [-0.1, -0.05) is 37.0 Å². The molecule has 0 bridgehead atoms. The number of carboxylic acid groups (broad SMARTS) is 1. The van der Waals surface area contributed by atoms with Crippen LogP contribution < -0.4 is 0 Å². The lowest BCUT2D eigenvalue weighted by Crippen LogP contribution is -1.97. The van der Waals surface area contributed by atoms with Gasteiger partial charge in [0.15, 0.2) is 0 Å². The van der Waals surface area contributed by atoms with Crippen LogP contribution in [-0.2, 0) is 6.42 Å². The Kier molecular flexibility index (Phi) is 2.77. The summed E-state index contributed by atoms with van der Waals surface area (Å²) < 4.78 is 0. The molecule has 0 radical (unpaired) electrons. The number of aromatic carboxylic acids is 1. The van der Waals surface area contributed by atoms with E-state index in [0.717, 1.165) is 11.4 Å². The summed E-state index contributed by atoms with van der Waals surface area (Å²) in [6.45, 7) is 0. The first-order valence-electron chi connectivity index (χ1n) is 4.81. The Morgan fingerprint density at radius 2 is 2.14 bits per heavy atom. The van der Waals surface area contributed by atoms with Crippen molar-refractivity contribution in [3.8, 4) is 0 Å². The fraction of sp³-hybridized carbons (Fsp3) is 0.667. The molecule has 0 saturated heterocycles. The van der Waals surface area contributed by atoms with Gasteiger partial charge in [0.25, 0.3) is 0 Å². The highest BCUT2D eigenvalue weighted by atomic mass is 32.1. The van der Waals surface area contributed by atoms with Gasteiger partial charge in [0.2, 0.25) is 5.01 Å². The first kappa shape index (κ1) is 9.58. The van der Waals surface area contributed by atoms with Gasteiger partial charge >= 0.3 is 5.97 Å². The number of nitrogens with zero attached hydrogens (tertiary/aromatic N) is 2. The lowest BCUT2D eigenvalue weighted by Gasteiger charge is -2.03. The van der Waals surface area contributed by atoms with E-state index in [2.05, 4.69) is 10.2 Å². The highest BCUT2D eigenvalue weighted by Gasteiger charge is 2.18. The molecule has 1 fully saturated rings. The molecule has 1 heterocycles. The lowest BCUT2D eigenvalue weighted by atomic mass is 10.1. The van der Waals surface area contributed by atoms with Crippen LogP contribution in [0.15, 0.2) is 0 Å². The third-order valence-electron chi connectivity index (χ3n) is 2.59. The molecule has 5 heteroatoms. The lowest BCUT2D eigenvalue weighted by molar-refractivity contribution is 0.0695. The summed E-state index contributed by atoms with van der Waals surface area (Å²) in [7, 11) is 0. The maximum absolute atomic E-state index is 10.6. The van der Waals surface area contributed by atoms with Crippen molar-refractivity contribution in [2.75, 3.05) is 0 Å². The first-order chi connectivity index (χ1) is 6.75. The Morgan fingerprint density at radius 3 is 2.71 bits per heavy atom. The minimum Gasteiger partial charge on any atom is -0.476 e. The smallest absolute Gasteiger partial charge is 0.367 e. The summed E-state index contributed by atoms with van der Waals surface area (Å²) in [6.07, 6.45) is 6.01. The predicted octanol–water partition coefficient (Wildman–Crippen LogP) is 1.97. The Morgan fingerprint density at radius 1 is 1.43 bits per heavy atom. The summed E-state index contributed by atoms with van der Waals surface area (Å²) in [5.74, 6) is -0.273. The SMILES string of the molecule is O=C(O)c1nnc(CC2CCCC2)s1. The van der Waals surface area contributed by atoms with Gasteiger partial charge < -0.3 is 5.11 Å². The summed E-state index contributed by atoms with van der Waals surface area (Å²) in [6, 6.07) is 0. The average Bonchev–Trinajstić information content (AvgIpc) is 2.75. The summed E-state index contributed by atoms with van der Waals surface area (Å²) in [5, 5.41) is 17.2. The van der Waals surface area contributed by atoms with E-state index in [4.69, 9.17) is 5.11 Å². The van der Waals surface area contributed by atoms with Crippen molar-refractivity contribution >= 4 is 17.3 Å². The van der Waals surface area contributed by atoms with Crippen molar-refractivity contribution in [3.63, 3.8) is 0 Å². The fourth-order valence-electron chi connectivity index (χ4n) is 1.88. The number of hydrogen-bond donors (Lipinski definition) is 1. The molecule has 0 unspecified atom stereocenters. The zero-order chi connectivity index (χ0) is 9.97. The molecule has 1 aliphatic rings. The van der Waals surface area contributed by atoms with E-state index in [1.807, 2.05) is 0 Å². The van der Waals surface area contributed by atoms with Crippen LogP contribution in [0.1, 0.15) is 40.5 Å². The van der Waals surface area contributed by atoms with E-state index in [9.17, 15) is 4.79 Å². The topological polar surface area (TPSA) is 63.1 Å². The molecule has 1 aromatic rings. The number of carbonyl (C=O) groups is 1. The van der Waals surface area contributed by atoms with Crippen LogP contribution in [0.3, 0.4) is 0 Å². The van der Waals surface area contributed by atoms with Crippen LogP contribution in [0.4, 0.5) is 0 Å². The third-order valence-corrected chi connectivity index (χ3v) is 3.52. The van der Waals surface area contributed by atoms with E-state index >= 15 is 0 Å². The van der Waals surface area contributed by atoms with E-state index in [0.29, 0.717) is 5.92 Å². The minimum absolute atomic E-state index is 0.109. The number of rotatable bonds is 3. The predicted molar refractivity (Wildman–Crippen MR) is 52.5 cm³/mol. The largest absolute Gasteiger partial charge is 0.476 e. The molecule has 0 spiro atoms. The Labute approximate surface area is 86.0 Å². The average molecular weight is 212 g/mol. The summed E-state index contributed by atoms with van der Waals surface area (Å²) >= 11 is 1.21. The molecular formula is C9H12N2O2S. The molecule has 1 aliphatic carbocycles. The van der Waals surface area contributed by atoms with Gasteiger partial charge in [0.05, 0.1) is 0 Å². The van der Waals surface area contributed by atoms with E-state index < -0.39 is 5.97 Å². The van der Waals surface area contributed by atoms with Gasteiger partial charge in [-0.05, 0) is 5.92 Å². The standard InChI is InChI=1S/C9H12N2O2S/c12-9(13)8-11-10-7(14-8)5-6-3-1-2-4-6/h6H,1-5H2,(H,12,13). The molecule has 2 rings (SSSR count). The van der Waals surface area contributed by atoms with Crippen molar-refractivity contribution in [3.05, 3.63) is 10.0 Å². The maximum Gasteiger partial charge on any atom is 0.367 e. The molecule has 76 valence electrons. The van der Waals surface area contributed by atoms with Crippen molar-refractivity contribution in [1.82, 2.24) is 10.2 Å². The number of aromatic nitrogens is 2. The van der Waals surface area contributed by atoms with Crippen molar-refractivity contribution in [2.24, 2.45) is 5.92 Å². The van der Waals surface area contributed by atoms with Gasteiger partial charge in [0, 0.05) is 6.42 Å². The van der Waals surface area contributed by atoms with E-state index in [-0.39, 0.29) is 5.01 Å². The zero-order valence-electron chi connectivity index (χ0n) is 7.77. The Bertz CT molecular complexity index is 331. The Balaban J connectivity index is 1.98. The molecule has 14 heavy (non-hydrogen) atoms. The van der Waals surface area contributed by atoms with Crippen LogP contribution >= 0.6 is 11.3 Å². The highest BCUT2D eigenvalue weighted by molar-refractivity contribution is 7.13. The number of carboxylic acids is 1. The second-order valence-corrected chi connectivity index (χ2v) is 4.72. The fourth-order valence-corrected chi connectivity index (χ4v) is 2.68. The van der Waals surface area contributed by atoms with E-state index in [1.54, 1.807) is 0 Å². The molecule has 1 N–H and O–H groups in total. The number of hydrogen-bond acceptors (Lipinski definition) is 4. The van der Waals surface area contributed by atoms with Gasteiger partial charge in [-0.25, -0.2) is 4.79 Å². The quantitative estimate of drug-likeness (QED) is 0.832. The third kappa shape index (κ3) is 2.09. The second-order valence-electron chi connectivity index (χ2n) is 3.66. The molecule has 0 aliphatic heterocycles.